The average molecular weight is 490 g/mol. The molecule has 2 heterocycles. The molecule has 0 radical (unpaired) electrons. The Morgan fingerprint density at radius 3 is 2.78 bits per heavy atom. The van der Waals surface area contributed by atoms with Crippen molar-refractivity contribution < 1.29 is 19.1 Å². The lowest BCUT2D eigenvalue weighted by Crippen LogP contribution is -2.43. The number of amides is 2. The summed E-state index contributed by atoms with van der Waals surface area (Å²) in [5.41, 5.74) is 4.53. The minimum atomic E-state index is -0.122. The van der Waals surface area contributed by atoms with Crippen molar-refractivity contribution in [3.8, 4) is 11.5 Å². The lowest BCUT2D eigenvalue weighted by atomic mass is 10.0. The number of methoxy groups -OCH3 is 1. The van der Waals surface area contributed by atoms with Crippen LogP contribution in [0.25, 0.3) is 10.9 Å². The zero-order valence-corrected chi connectivity index (χ0v) is 21.4. The fraction of sp³-hybridized carbons (Fsp3) is 0.448. The molecule has 36 heavy (non-hydrogen) atoms. The molecule has 3 aromatic rings. The monoisotopic (exact) mass is 489 g/mol. The van der Waals surface area contributed by atoms with Crippen molar-refractivity contribution in [2.75, 3.05) is 33.4 Å². The topological polar surface area (TPSA) is 83.7 Å². The molecule has 1 unspecified atom stereocenters. The number of aromatic nitrogens is 1. The van der Waals surface area contributed by atoms with Crippen LogP contribution in [0.4, 0.5) is 0 Å². The highest BCUT2D eigenvalue weighted by Crippen LogP contribution is 2.52. The number of H-pyrrole nitrogens is 1. The predicted molar refractivity (Wildman–Crippen MR) is 139 cm³/mol. The highest BCUT2D eigenvalue weighted by molar-refractivity contribution is 5.88. The smallest absolute Gasteiger partial charge is 0.239 e. The van der Waals surface area contributed by atoms with Gasteiger partial charge in [0.05, 0.1) is 20.3 Å². The van der Waals surface area contributed by atoms with E-state index in [4.69, 9.17) is 9.47 Å². The number of nitrogens with one attached hydrogen (secondary N) is 2. The minimum Gasteiger partial charge on any atom is -0.493 e. The van der Waals surface area contributed by atoms with Crippen LogP contribution in [0.1, 0.15) is 43.5 Å². The van der Waals surface area contributed by atoms with Gasteiger partial charge in [0.2, 0.25) is 11.8 Å². The van der Waals surface area contributed by atoms with Gasteiger partial charge >= 0.3 is 0 Å². The second-order valence-corrected chi connectivity index (χ2v) is 10.6. The van der Waals surface area contributed by atoms with Crippen molar-refractivity contribution in [1.29, 1.82) is 0 Å². The Balaban J connectivity index is 1.44. The zero-order valence-electron chi connectivity index (χ0n) is 21.4. The molecule has 0 saturated heterocycles. The van der Waals surface area contributed by atoms with Gasteiger partial charge in [-0.2, -0.15) is 0 Å². The van der Waals surface area contributed by atoms with E-state index >= 15 is 0 Å². The normalized spacial score (nSPS) is 20.2. The maximum absolute atomic E-state index is 13.2. The number of carbonyl (C=O) groups excluding carboxylic acids is 2. The lowest BCUT2D eigenvalue weighted by molar-refractivity contribution is -0.137. The van der Waals surface area contributed by atoms with Gasteiger partial charge in [-0.3, -0.25) is 9.59 Å². The Labute approximate surface area is 212 Å². The van der Waals surface area contributed by atoms with E-state index in [1.807, 2.05) is 24.3 Å². The van der Waals surface area contributed by atoms with Gasteiger partial charge in [-0.15, -0.1) is 0 Å². The van der Waals surface area contributed by atoms with Gasteiger partial charge in [0.1, 0.15) is 0 Å². The maximum Gasteiger partial charge on any atom is 0.239 e. The molecule has 5 rings (SSSR count). The third kappa shape index (κ3) is 5.06. The Morgan fingerprint density at radius 2 is 2.00 bits per heavy atom. The number of hydrogen-bond donors (Lipinski definition) is 2. The number of rotatable bonds is 2. The molecular weight excluding hydrogens is 454 g/mol. The fourth-order valence-corrected chi connectivity index (χ4v) is 5.21. The lowest BCUT2D eigenvalue weighted by Gasteiger charge is -2.23. The summed E-state index contributed by atoms with van der Waals surface area (Å²) in [5, 5.41) is 4.22. The number of nitrogens with zero attached hydrogens (tertiary/aromatic N) is 1. The van der Waals surface area contributed by atoms with Gasteiger partial charge in [-0.1, -0.05) is 38.1 Å². The Kier molecular flexibility index (Phi) is 6.65. The predicted octanol–water partition coefficient (Wildman–Crippen LogP) is 4.08. The van der Waals surface area contributed by atoms with E-state index in [9.17, 15) is 9.59 Å². The van der Waals surface area contributed by atoms with Crippen molar-refractivity contribution in [3.05, 3.63) is 59.3 Å². The van der Waals surface area contributed by atoms with Crippen LogP contribution in [-0.2, 0) is 22.4 Å². The molecule has 1 saturated carbocycles. The van der Waals surface area contributed by atoms with E-state index in [-0.39, 0.29) is 29.7 Å². The van der Waals surface area contributed by atoms with Crippen molar-refractivity contribution >= 4 is 22.7 Å². The number of carbonyl (C=O) groups is 2. The molecule has 1 atom stereocenters. The van der Waals surface area contributed by atoms with Crippen LogP contribution in [0.15, 0.2) is 42.5 Å². The van der Waals surface area contributed by atoms with Crippen LogP contribution < -0.4 is 14.8 Å². The van der Waals surface area contributed by atoms with Crippen LogP contribution >= 0.6 is 0 Å². The first-order valence-corrected chi connectivity index (χ1v) is 12.8. The first kappa shape index (κ1) is 24.2. The maximum atomic E-state index is 13.2. The summed E-state index contributed by atoms with van der Waals surface area (Å²) in [6.07, 6.45) is 2.92. The number of para-hydroxylation sites is 1. The van der Waals surface area contributed by atoms with E-state index in [1.54, 1.807) is 12.0 Å². The summed E-state index contributed by atoms with van der Waals surface area (Å²) in [6, 6.07) is 14.3. The van der Waals surface area contributed by atoms with Gasteiger partial charge in [0.15, 0.2) is 11.5 Å². The molecule has 2 N–H and O–H groups in total. The summed E-state index contributed by atoms with van der Waals surface area (Å²) < 4.78 is 11.6. The highest BCUT2D eigenvalue weighted by atomic mass is 16.5. The first-order chi connectivity index (χ1) is 17.4. The van der Waals surface area contributed by atoms with Crippen molar-refractivity contribution in [1.82, 2.24) is 15.2 Å². The van der Waals surface area contributed by atoms with E-state index in [1.165, 1.54) is 10.9 Å². The standard InChI is InChI=1S/C29H35N3O4/c1-29(2)17-22(29)28(34)32-13-6-14-36-26-16-19(9-10-25(26)35-3)15-24-21(11-12-30-27(33)18-32)20-7-4-5-8-23(20)31-24/h4-5,7-10,16,22,31H,6,11-15,17-18H2,1-3H3,(H,30,33). The van der Waals surface area contributed by atoms with E-state index < -0.39 is 0 Å². The number of aromatic amines is 1. The number of benzene rings is 2. The van der Waals surface area contributed by atoms with E-state index in [0.717, 1.165) is 29.6 Å². The van der Waals surface area contributed by atoms with Crippen LogP contribution in [0, 0.1) is 11.3 Å². The summed E-state index contributed by atoms with van der Waals surface area (Å²) in [6.45, 7) is 5.71. The van der Waals surface area contributed by atoms with Crippen LogP contribution in [0.2, 0.25) is 0 Å². The summed E-state index contributed by atoms with van der Waals surface area (Å²) >= 11 is 0. The van der Waals surface area contributed by atoms with Gasteiger partial charge in [0.25, 0.3) is 0 Å². The third-order valence-corrected chi connectivity index (χ3v) is 7.50. The molecule has 1 aromatic heterocycles. The van der Waals surface area contributed by atoms with Gasteiger partial charge in [0, 0.05) is 42.0 Å². The fourth-order valence-electron chi connectivity index (χ4n) is 5.21. The molecule has 2 amide bonds. The summed E-state index contributed by atoms with van der Waals surface area (Å²) in [5.74, 6) is 1.31. The quantitative estimate of drug-likeness (QED) is 0.568. The van der Waals surface area contributed by atoms with Crippen LogP contribution in [0.5, 0.6) is 11.5 Å². The molecule has 1 aliphatic heterocycles. The number of ether oxygens (including phenoxy) is 2. The Bertz CT molecular complexity index is 1280. The van der Waals surface area contributed by atoms with Crippen molar-refractivity contribution in [3.63, 3.8) is 0 Å². The molecule has 7 nitrogen and oxygen atoms in total. The third-order valence-electron chi connectivity index (χ3n) is 7.50. The molecule has 2 aliphatic rings. The van der Waals surface area contributed by atoms with Crippen LogP contribution in [-0.4, -0.2) is 55.0 Å². The zero-order chi connectivity index (χ0) is 25.3. The highest BCUT2D eigenvalue weighted by Gasteiger charge is 2.52. The average Bonchev–Trinajstić information content (AvgIpc) is 3.37. The molecule has 1 fully saturated rings. The molecule has 2 aromatic carbocycles. The largest absolute Gasteiger partial charge is 0.493 e. The molecule has 0 spiro atoms. The van der Waals surface area contributed by atoms with Crippen molar-refractivity contribution in [2.45, 2.75) is 39.5 Å². The molecule has 7 heteroatoms. The van der Waals surface area contributed by atoms with Crippen molar-refractivity contribution in [2.24, 2.45) is 11.3 Å². The summed E-state index contributed by atoms with van der Waals surface area (Å²) in [4.78, 5) is 31.3. The Hall–Kier alpha value is -3.48. The number of hydrogen-bond acceptors (Lipinski definition) is 4. The number of fused-ring (bicyclic) bond motifs is 5. The van der Waals surface area contributed by atoms with Crippen LogP contribution in [0.3, 0.4) is 0 Å². The van der Waals surface area contributed by atoms with Gasteiger partial charge in [-0.05, 0) is 54.0 Å². The van der Waals surface area contributed by atoms with E-state index in [2.05, 4.69) is 42.3 Å². The van der Waals surface area contributed by atoms with Gasteiger partial charge < -0.3 is 24.7 Å². The Morgan fingerprint density at radius 1 is 1.19 bits per heavy atom. The second-order valence-electron chi connectivity index (χ2n) is 10.6. The molecule has 2 bridgehead atoms. The SMILES string of the molecule is COc1ccc2cc1OCCCN(C(=O)C1CC1(C)C)CC(=O)NCCc1c([nH]c3ccccc13)C2. The van der Waals surface area contributed by atoms with E-state index in [0.29, 0.717) is 44.0 Å². The summed E-state index contributed by atoms with van der Waals surface area (Å²) in [7, 11) is 1.64. The molecule has 190 valence electrons. The molecular formula is C29H35N3O4. The molecule has 1 aliphatic carbocycles. The first-order valence-electron chi connectivity index (χ1n) is 12.8. The minimum absolute atomic E-state index is 0.0117. The second kappa shape index (κ2) is 9.88. The van der Waals surface area contributed by atoms with Gasteiger partial charge in [-0.25, -0.2) is 0 Å².